The van der Waals surface area contributed by atoms with Gasteiger partial charge in [0.25, 0.3) is 5.56 Å². The summed E-state index contributed by atoms with van der Waals surface area (Å²) in [6.45, 7) is 6.50. The first-order chi connectivity index (χ1) is 13.9. The molecule has 29 heavy (non-hydrogen) atoms. The topological polar surface area (TPSA) is 89.0 Å². The Labute approximate surface area is 173 Å². The first-order valence-corrected chi connectivity index (χ1v) is 10.6. The standard InChI is InChI=1S/C21H26N4O3S/c1-5-6-9-25-20(27)19-16(11-14(3)22-19)24-21(25)29-12-18(26)23-15-10-13(2)7-8-17(15)28-4/h7-8,10-11,22H,5-6,9,12H2,1-4H3,(H,23,26). The first kappa shape index (κ1) is 21.0. The minimum atomic E-state index is -0.180. The summed E-state index contributed by atoms with van der Waals surface area (Å²) in [5.74, 6) is 0.571. The second-order valence-electron chi connectivity index (χ2n) is 6.96. The lowest BCUT2D eigenvalue weighted by molar-refractivity contribution is -0.113. The number of nitrogens with zero attached hydrogens (tertiary/aromatic N) is 2. The van der Waals surface area contributed by atoms with E-state index in [1.807, 2.05) is 38.1 Å². The van der Waals surface area contributed by atoms with Crippen molar-refractivity contribution in [2.24, 2.45) is 0 Å². The fourth-order valence-corrected chi connectivity index (χ4v) is 3.90. The highest BCUT2D eigenvalue weighted by Gasteiger charge is 2.15. The molecular formula is C21H26N4O3S. The largest absolute Gasteiger partial charge is 0.495 e. The predicted octanol–water partition coefficient (Wildman–Crippen LogP) is 3.88. The van der Waals surface area contributed by atoms with E-state index in [0.29, 0.717) is 34.2 Å². The molecule has 0 unspecified atom stereocenters. The number of hydrogen-bond acceptors (Lipinski definition) is 5. The highest BCUT2D eigenvalue weighted by Crippen LogP contribution is 2.26. The Kier molecular flexibility index (Phi) is 6.64. The fourth-order valence-electron chi connectivity index (χ4n) is 3.07. The van der Waals surface area contributed by atoms with Crippen molar-refractivity contribution in [1.82, 2.24) is 14.5 Å². The second-order valence-corrected chi connectivity index (χ2v) is 7.90. The third-order valence-corrected chi connectivity index (χ3v) is 5.51. The van der Waals surface area contributed by atoms with E-state index in [2.05, 4.69) is 22.2 Å². The van der Waals surface area contributed by atoms with Crippen LogP contribution in [0, 0.1) is 13.8 Å². The quantitative estimate of drug-likeness (QED) is 0.431. The van der Waals surface area contributed by atoms with Crippen molar-refractivity contribution in [3.8, 4) is 5.75 Å². The Hall–Kier alpha value is -2.74. The molecule has 7 nitrogen and oxygen atoms in total. The molecule has 3 rings (SSSR count). The minimum absolute atomic E-state index is 0.0974. The summed E-state index contributed by atoms with van der Waals surface area (Å²) in [6, 6.07) is 7.46. The molecule has 0 aliphatic carbocycles. The maximum atomic E-state index is 12.9. The van der Waals surface area contributed by atoms with Gasteiger partial charge in [-0.1, -0.05) is 31.2 Å². The molecule has 8 heteroatoms. The van der Waals surface area contributed by atoms with Gasteiger partial charge in [0.15, 0.2) is 5.16 Å². The molecule has 0 saturated heterocycles. The Balaban J connectivity index is 1.81. The van der Waals surface area contributed by atoms with Crippen LogP contribution in [-0.4, -0.2) is 33.3 Å². The van der Waals surface area contributed by atoms with Gasteiger partial charge in [-0.15, -0.1) is 0 Å². The molecule has 0 fully saturated rings. The number of aromatic nitrogens is 3. The number of benzene rings is 1. The number of H-pyrrole nitrogens is 1. The summed E-state index contributed by atoms with van der Waals surface area (Å²) in [4.78, 5) is 33.1. The second kappa shape index (κ2) is 9.17. The van der Waals surface area contributed by atoms with E-state index in [9.17, 15) is 9.59 Å². The number of aromatic amines is 1. The zero-order chi connectivity index (χ0) is 21.0. The van der Waals surface area contributed by atoms with Gasteiger partial charge in [0, 0.05) is 12.2 Å². The van der Waals surface area contributed by atoms with E-state index in [1.165, 1.54) is 11.8 Å². The third-order valence-electron chi connectivity index (χ3n) is 4.53. The number of thioether (sulfide) groups is 1. The smallest absolute Gasteiger partial charge is 0.278 e. The van der Waals surface area contributed by atoms with Crippen LogP contribution in [0.4, 0.5) is 5.69 Å². The van der Waals surface area contributed by atoms with Crippen LogP contribution in [0.5, 0.6) is 5.75 Å². The molecule has 154 valence electrons. The number of fused-ring (bicyclic) bond motifs is 1. The molecule has 0 spiro atoms. The van der Waals surface area contributed by atoms with Crippen molar-refractivity contribution in [3.63, 3.8) is 0 Å². The molecule has 1 amide bonds. The minimum Gasteiger partial charge on any atom is -0.495 e. The van der Waals surface area contributed by atoms with Crippen LogP contribution in [-0.2, 0) is 11.3 Å². The number of unbranched alkanes of at least 4 members (excludes halogenated alkanes) is 1. The van der Waals surface area contributed by atoms with Crippen LogP contribution in [0.3, 0.4) is 0 Å². The van der Waals surface area contributed by atoms with E-state index in [-0.39, 0.29) is 17.2 Å². The van der Waals surface area contributed by atoms with Crippen molar-refractivity contribution >= 4 is 34.4 Å². The number of nitrogens with one attached hydrogen (secondary N) is 2. The van der Waals surface area contributed by atoms with Crippen molar-refractivity contribution in [2.45, 2.75) is 45.3 Å². The lowest BCUT2D eigenvalue weighted by Crippen LogP contribution is -2.24. The molecule has 2 N–H and O–H groups in total. The normalized spacial score (nSPS) is 11.0. The van der Waals surface area contributed by atoms with Crippen LogP contribution in [0.15, 0.2) is 34.2 Å². The summed E-state index contributed by atoms with van der Waals surface area (Å²) < 4.78 is 6.97. The molecule has 0 saturated carbocycles. The average molecular weight is 415 g/mol. The van der Waals surface area contributed by atoms with Crippen molar-refractivity contribution in [3.05, 3.63) is 45.9 Å². The van der Waals surface area contributed by atoms with E-state index in [1.54, 1.807) is 11.7 Å². The van der Waals surface area contributed by atoms with Crippen LogP contribution >= 0.6 is 11.8 Å². The molecule has 3 aromatic rings. The van der Waals surface area contributed by atoms with Crippen molar-refractivity contribution < 1.29 is 9.53 Å². The van der Waals surface area contributed by atoms with Crippen LogP contribution in [0.1, 0.15) is 31.0 Å². The van der Waals surface area contributed by atoms with Gasteiger partial charge in [-0.2, -0.15) is 0 Å². The predicted molar refractivity (Wildman–Crippen MR) is 117 cm³/mol. The first-order valence-electron chi connectivity index (χ1n) is 9.60. The van der Waals surface area contributed by atoms with Gasteiger partial charge >= 0.3 is 0 Å². The average Bonchev–Trinajstić information content (AvgIpc) is 3.06. The number of ether oxygens (including phenoxy) is 1. The molecular weight excluding hydrogens is 388 g/mol. The summed E-state index contributed by atoms with van der Waals surface area (Å²) in [6.07, 6.45) is 1.83. The van der Waals surface area contributed by atoms with E-state index in [0.717, 1.165) is 24.1 Å². The Morgan fingerprint density at radius 1 is 1.31 bits per heavy atom. The molecule has 0 bridgehead atoms. The van der Waals surface area contributed by atoms with E-state index < -0.39 is 0 Å². The van der Waals surface area contributed by atoms with Gasteiger partial charge in [-0.3, -0.25) is 14.2 Å². The Morgan fingerprint density at radius 3 is 2.83 bits per heavy atom. The summed E-state index contributed by atoms with van der Waals surface area (Å²) >= 11 is 1.27. The van der Waals surface area contributed by atoms with Crippen LogP contribution in [0.2, 0.25) is 0 Å². The monoisotopic (exact) mass is 414 g/mol. The zero-order valence-electron chi connectivity index (χ0n) is 17.2. The maximum absolute atomic E-state index is 12.9. The molecule has 1 aromatic carbocycles. The van der Waals surface area contributed by atoms with Crippen LogP contribution < -0.4 is 15.6 Å². The van der Waals surface area contributed by atoms with Gasteiger partial charge in [0.1, 0.15) is 11.3 Å². The maximum Gasteiger partial charge on any atom is 0.278 e. The number of carbonyl (C=O) groups excluding carboxylic acids is 1. The highest BCUT2D eigenvalue weighted by molar-refractivity contribution is 7.99. The lowest BCUT2D eigenvalue weighted by Gasteiger charge is -2.13. The summed E-state index contributed by atoms with van der Waals surface area (Å²) in [5, 5.41) is 3.44. The van der Waals surface area contributed by atoms with E-state index in [4.69, 9.17) is 4.74 Å². The Bertz CT molecular complexity index is 1090. The molecule has 0 atom stereocenters. The molecule has 2 aromatic heterocycles. The molecule has 0 aliphatic heterocycles. The fraction of sp³-hybridized carbons (Fsp3) is 0.381. The highest BCUT2D eigenvalue weighted by atomic mass is 32.2. The van der Waals surface area contributed by atoms with Gasteiger partial charge in [-0.05, 0) is 44.0 Å². The number of carbonyl (C=O) groups is 1. The lowest BCUT2D eigenvalue weighted by atomic mass is 10.2. The molecule has 2 heterocycles. The van der Waals surface area contributed by atoms with Crippen molar-refractivity contribution in [1.29, 1.82) is 0 Å². The number of methoxy groups -OCH3 is 1. The van der Waals surface area contributed by atoms with Crippen molar-refractivity contribution in [2.75, 3.05) is 18.2 Å². The number of rotatable bonds is 8. The summed E-state index contributed by atoms with van der Waals surface area (Å²) in [5.41, 5.74) is 3.58. The van der Waals surface area contributed by atoms with Crippen LogP contribution in [0.25, 0.3) is 11.0 Å². The van der Waals surface area contributed by atoms with Gasteiger partial charge in [-0.25, -0.2) is 4.98 Å². The number of anilines is 1. The number of amides is 1. The molecule has 0 radical (unpaired) electrons. The van der Waals surface area contributed by atoms with Gasteiger partial charge in [0.05, 0.1) is 24.1 Å². The number of hydrogen-bond donors (Lipinski definition) is 2. The summed E-state index contributed by atoms with van der Waals surface area (Å²) in [7, 11) is 1.57. The SMILES string of the molecule is CCCCn1c(SCC(=O)Nc2cc(C)ccc2OC)nc2cc(C)[nH]c2c1=O. The van der Waals surface area contributed by atoms with Gasteiger partial charge in [0.2, 0.25) is 5.91 Å². The Morgan fingerprint density at radius 2 is 2.10 bits per heavy atom. The third kappa shape index (κ3) is 4.82. The van der Waals surface area contributed by atoms with Gasteiger partial charge < -0.3 is 15.0 Å². The number of aryl methyl sites for hydroxylation is 2. The zero-order valence-corrected chi connectivity index (χ0v) is 18.0. The van der Waals surface area contributed by atoms with E-state index >= 15 is 0 Å². The molecule has 0 aliphatic rings.